The zero-order chi connectivity index (χ0) is 13.1. The lowest BCUT2D eigenvalue weighted by Gasteiger charge is -2.25. The van der Waals surface area contributed by atoms with Crippen molar-refractivity contribution in [3.63, 3.8) is 0 Å². The van der Waals surface area contributed by atoms with Crippen molar-refractivity contribution in [3.8, 4) is 0 Å². The summed E-state index contributed by atoms with van der Waals surface area (Å²) in [6, 6.07) is 0.737. The minimum Gasteiger partial charge on any atom is -0.313 e. The Morgan fingerprint density at radius 3 is 2.89 bits per heavy atom. The van der Waals surface area contributed by atoms with E-state index < -0.39 is 0 Å². The maximum absolute atomic E-state index is 4.36. The van der Waals surface area contributed by atoms with Gasteiger partial charge in [0.15, 0.2) is 0 Å². The van der Waals surface area contributed by atoms with E-state index in [1.165, 1.54) is 68.9 Å². The average Bonchev–Trinajstić information content (AvgIpc) is 2.88. The second-order valence-corrected chi connectivity index (χ2v) is 7.05. The van der Waals surface area contributed by atoms with Gasteiger partial charge < -0.3 is 10.2 Å². The van der Waals surface area contributed by atoms with Crippen LogP contribution in [0.3, 0.4) is 0 Å². The van der Waals surface area contributed by atoms with Gasteiger partial charge in [-0.25, -0.2) is 4.98 Å². The fraction of sp³-hybridized carbons (Fsp3) is 0.800. The summed E-state index contributed by atoms with van der Waals surface area (Å²) in [5.41, 5.74) is 3.21. The third-order valence-corrected chi connectivity index (χ3v) is 5.35. The summed E-state index contributed by atoms with van der Waals surface area (Å²) in [5, 5.41) is 3.63. The number of rotatable bonds is 7. The van der Waals surface area contributed by atoms with Gasteiger partial charge in [0, 0.05) is 30.6 Å². The van der Waals surface area contributed by atoms with Gasteiger partial charge in [0.25, 0.3) is 0 Å². The quantitative estimate of drug-likeness (QED) is 0.831. The van der Waals surface area contributed by atoms with Gasteiger partial charge in [-0.1, -0.05) is 0 Å². The molecule has 1 aliphatic carbocycles. The summed E-state index contributed by atoms with van der Waals surface area (Å²) < 4.78 is 0. The van der Waals surface area contributed by atoms with Crippen LogP contribution in [-0.2, 0) is 6.42 Å². The third kappa shape index (κ3) is 4.01. The number of aryl methyl sites for hydroxylation is 1. The fourth-order valence-electron chi connectivity index (χ4n) is 2.97. The minimum absolute atomic E-state index is 0.737. The van der Waals surface area contributed by atoms with Crippen LogP contribution in [0.1, 0.15) is 36.3 Å². The van der Waals surface area contributed by atoms with E-state index >= 15 is 0 Å². The van der Waals surface area contributed by atoms with Gasteiger partial charge in [0.2, 0.25) is 0 Å². The van der Waals surface area contributed by atoms with Crippen molar-refractivity contribution in [2.45, 2.75) is 45.1 Å². The molecule has 3 nitrogen and oxygen atoms in total. The summed E-state index contributed by atoms with van der Waals surface area (Å²) in [6.07, 6.45) is 6.80. The van der Waals surface area contributed by atoms with Crippen LogP contribution in [0, 0.1) is 12.8 Å². The van der Waals surface area contributed by atoms with Crippen molar-refractivity contribution in [2.24, 2.45) is 5.92 Å². The fourth-order valence-corrected chi connectivity index (χ4v) is 3.74. The van der Waals surface area contributed by atoms with Crippen LogP contribution in [0.2, 0.25) is 0 Å². The minimum atomic E-state index is 0.737. The summed E-state index contributed by atoms with van der Waals surface area (Å²) in [4.78, 5) is 8.53. The lowest BCUT2D eigenvalue weighted by Crippen LogP contribution is -2.39. The first kappa shape index (κ1) is 13.5. The lowest BCUT2D eigenvalue weighted by atomic mass is 10.2. The van der Waals surface area contributed by atoms with Gasteiger partial charge in [-0.3, -0.25) is 0 Å². The van der Waals surface area contributed by atoms with Crippen LogP contribution in [0.4, 0.5) is 0 Å². The van der Waals surface area contributed by atoms with Crippen molar-refractivity contribution in [1.29, 1.82) is 0 Å². The molecule has 1 saturated heterocycles. The van der Waals surface area contributed by atoms with Crippen LogP contribution in [0.15, 0.2) is 5.51 Å². The van der Waals surface area contributed by atoms with E-state index in [-0.39, 0.29) is 0 Å². The highest BCUT2D eigenvalue weighted by molar-refractivity contribution is 7.09. The first-order valence-corrected chi connectivity index (χ1v) is 8.54. The van der Waals surface area contributed by atoms with E-state index in [1.807, 2.05) is 16.8 Å². The number of hydrogen-bond acceptors (Lipinski definition) is 4. The Morgan fingerprint density at radius 2 is 2.26 bits per heavy atom. The highest BCUT2D eigenvalue weighted by atomic mass is 32.1. The maximum Gasteiger partial charge on any atom is 0.0797 e. The smallest absolute Gasteiger partial charge is 0.0797 e. The molecule has 1 saturated carbocycles. The largest absolute Gasteiger partial charge is 0.313 e. The second-order valence-electron chi connectivity index (χ2n) is 6.11. The Balaban J connectivity index is 1.50. The van der Waals surface area contributed by atoms with Gasteiger partial charge >= 0.3 is 0 Å². The van der Waals surface area contributed by atoms with Crippen LogP contribution >= 0.6 is 11.3 Å². The molecule has 2 fully saturated rings. The Hall–Kier alpha value is -0.450. The molecule has 1 unspecified atom stereocenters. The molecule has 1 aromatic rings. The van der Waals surface area contributed by atoms with Gasteiger partial charge in [0.05, 0.1) is 11.2 Å². The Kier molecular flexibility index (Phi) is 4.51. The van der Waals surface area contributed by atoms with E-state index in [1.54, 1.807) is 0 Å². The molecule has 2 aliphatic rings. The van der Waals surface area contributed by atoms with Crippen LogP contribution < -0.4 is 5.32 Å². The Bertz CT molecular complexity index is 394. The number of nitrogens with zero attached hydrogens (tertiary/aromatic N) is 2. The number of aromatic nitrogens is 1. The SMILES string of the molecule is Cc1ncsc1CCN(CC1CC1)CC1CCCN1. The standard InChI is InChI=1S/C15H25N3S/c1-12-15(19-11-17-12)6-8-18(9-13-4-5-13)10-14-3-2-7-16-14/h11,13-14,16H,2-10H2,1H3. The van der Waals surface area contributed by atoms with Gasteiger partial charge in [0.1, 0.15) is 0 Å². The van der Waals surface area contributed by atoms with E-state index in [4.69, 9.17) is 0 Å². The lowest BCUT2D eigenvalue weighted by molar-refractivity contribution is 0.243. The third-order valence-electron chi connectivity index (χ3n) is 4.35. The van der Waals surface area contributed by atoms with Crippen molar-refractivity contribution >= 4 is 11.3 Å². The molecular weight excluding hydrogens is 254 g/mol. The Labute approximate surface area is 120 Å². The second kappa shape index (κ2) is 6.33. The molecule has 4 heteroatoms. The van der Waals surface area contributed by atoms with Gasteiger partial charge in [-0.05, 0) is 51.5 Å². The summed E-state index contributed by atoms with van der Waals surface area (Å²) in [5.74, 6) is 0.990. The summed E-state index contributed by atoms with van der Waals surface area (Å²) in [6.45, 7) is 7.12. The molecule has 0 amide bonds. The Morgan fingerprint density at radius 1 is 1.37 bits per heavy atom. The molecule has 0 radical (unpaired) electrons. The van der Waals surface area contributed by atoms with Gasteiger partial charge in [-0.15, -0.1) is 11.3 Å². The van der Waals surface area contributed by atoms with Crippen LogP contribution in [-0.4, -0.2) is 42.1 Å². The monoisotopic (exact) mass is 279 g/mol. The van der Waals surface area contributed by atoms with Gasteiger partial charge in [-0.2, -0.15) is 0 Å². The predicted molar refractivity (Wildman–Crippen MR) is 80.7 cm³/mol. The molecule has 19 heavy (non-hydrogen) atoms. The van der Waals surface area contributed by atoms with Crippen molar-refractivity contribution in [2.75, 3.05) is 26.2 Å². The zero-order valence-electron chi connectivity index (χ0n) is 11.9. The molecule has 0 aromatic carbocycles. The highest BCUT2D eigenvalue weighted by Gasteiger charge is 2.26. The topological polar surface area (TPSA) is 28.2 Å². The van der Waals surface area contributed by atoms with Crippen molar-refractivity contribution in [3.05, 3.63) is 16.1 Å². The first-order valence-electron chi connectivity index (χ1n) is 7.66. The van der Waals surface area contributed by atoms with E-state index in [2.05, 4.69) is 22.1 Å². The van der Waals surface area contributed by atoms with E-state index in [9.17, 15) is 0 Å². The summed E-state index contributed by atoms with van der Waals surface area (Å²) >= 11 is 1.82. The molecular formula is C15H25N3S. The predicted octanol–water partition coefficient (Wildman–Crippen LogP) is 2.46. The molecule has 1 N–H and O–H groups in total. The van der Waals surface area contributed by atoms with Crippen LogP contribution in [0.25, 0.3) is 0 Å². The molecule has 2 heterocycles. The molecule has 1 aromatic heterocycles. The van der Waals surface area contributed by atoms with E-state index in [0.717, 1.165) is 12.0 Å². The number of thiazole rings is 1. The molecule has 0 bridgehead atoms. The van der Waals surface area contributed by atoms with Crippen LogP contribution in [0.5, 0.6) is 0 Å². The molecule has 1 atom stereocenters. The first-order chi connectivity index (χ1) is 9.31. The van der Waals surface area contributed by atoms with Crippen molar-refractivity contribution < 1.29 is 0 Å². The molecule has 3 rings (SSSR count). The number of nitrogens with one attached hydrogen (secondary N) is 1. The summed E-state index contributed by atoms with van der Waals surface area (Å²) in [7, 11) is 0. The normalized spacial score (nSPS) is 23.4. The molecule has 106 valence electrons. The average molecular weight is 279 g/mol. The highest BCUT2D eigenvalue weighted by Crippen LogP contribution is 2.30. The number of hydrogen-bond donors (Lipinski definition) is 1. The molecule has 0 spiro atoms. The maximum atomic E-state index is 4.36. The van der Waals surface area contributed by atoms with E-state index in [0.29, 0.717) is 0 Å². The molecule has 1 aliphatic heterocycles. The van der Waals surface area contributed by atoms with Crippen molar-refractivity contribution in [1.82, 2.24) is 15.2 Å². The zero-order valence-corrected chi connectivity index (χ0v) is 12.7.